The van der Waals surface area contributed by atoms with Crippen molar-refractivity contribution in [2.24, 2.45) is 0 Å². The summed E-state index contributed by atoms with van der Waals surface area (Å²) >= 11 is 11.5. The van der Waals surface area contributed by atoms with Crippen LogP contribution < -0.4 is 10.2 Å². The highest BCUT2D eigenvalue weighted by molar-refractivity contribution is 6.31. The maximum atomic E-state index is 13.1. The second-order valence-corrected chi connectivity index (χ2v) is 7.21. The van der Waals surface area contributed by atoms with Gasteiger partial charge in [-0.3, -0.25) is 9.69 Å². The van der Waals surface area contributed by atoms with Crippen LogP contribution in [0.3, 0.4) is 0 Å². The Hall–Kier alpha value is -2.03. The maximum Gasteiger partial charge on any atom is 0.418 e. The number of pyridine rings is 1. The number of hydrogen-bond acceptors (Lipinski definition) is 4. The Morgan fingerprint density at radius 2 is 1.75 bits per heavy atom. The molecule has 1 aliphatic rings. The number of alkyl halides is 3. The van der Waals surface area contributed by atoms with Gasteiger partial charge in [0.2, 0.25) is 5.91 Å². The summed E-state index contributed by atoms with van der Waals surface area (Å²) in [4.78, 5) is 20.4. The molecule has 2 aromatic rings. The monoisotopic (exact) mass is 432 g/mol. The Bertz CT molecular complexity index is 838. The lowest BCUT2D eigenvalue weighted by Crippen LogP contribution is -2.49. The molecule has 28 heavy (non-hydrogen) atoms. The third-order valence-electron chi connectivity index (χ3n) is 4.34. The third-order valence-corrected chi connectivity index (χ3v) is 4.80. The summed E-state index contributed by atoms with van der Waals surface area (Å²) in [5.74, 6) is 0.287. The van der Waals surface area contributed by atoms with Crippen LogP contribution in [0, 0.1) is 0 Å². The first-order valence-electron chi connectivity index (χ1n) is 8.48. The smallest absolute Gasteiger partial charge is 0.354 e. The first-order chi connectivity index (χ1) is 13.2. The summed E-state index contributed by atoms with van der Waals surface area (Å²) in [7, 11) is 0. The molecule has 0 aliphatic carbocycles. The fraction of sp³-hybridized carbons (Fsp3) is 0.333. The summed E-state index contributed by atoms with van der Waals surface area (Å²) in [6, 6.07) is 6.85. The molecule has 5 nitrogen and oxygen atoms in total. The van der Waals surface area contributed by atoms with Crippen molar-refractivity contribution < 1.29 is 18.0 Å². The molecule has 0 unspecified atom stereocenters. The van der Waals surface area contributed by atoms with Crippen LogP contribution in [0.5, 0.6) is 0 Å². The molecule has 0 bridgehead atoms. The van der Waals surface area contributed by atoms with E-state index < -0.39 is 17.6 Å². The van der Waals surface area contributed by atoms with Gasteiger partial charge < -0.3 is 10.2 Å². The number of hydrogen-bond donors (Lipinski definition) is 1. The number of anilines is 2. The van der Waals surface area contributed by atoms with Crippen molar-refractivity contribution in [2.45, 2.75) is 6.18 Å². The molecule has 0 radical (unpaired) electrons. The number of piperazine rings is 1. The standard InChI is InChI=1S/C18H17Cl2F3N4O/c19-12-1-3-15(14(9-12)18(21,22)23)25-17(28)11-26-5-7-27(8-6-26)16-4-2-13(20)10-24-16/h1-4,9-10H,5-8,11H2,(H,25,28). The number of rotatable bonds is 4. The lowest BCUT2D eigenvalue weighted by molar-refractivity contribution is -0.137. The van der Waals surface area contributed by atoms with Gasteiger partial charge in [0.1, 0.15) is 5.82 Å². The minimum Gasteiger partial charge on any atom is -0.354 e. The topological polar surface area (TPSA) is 48.5 Å². The van der Waals surface area contributed by atoms with Gasteiger partial charge in [-0.1, -0.05) is 23.2 Å². The minimum absolute atomic E-state index is 0.00180. The van der Waals surface area contributed by atoms with E-state index in [9.17, 15) is 18.0 Å². The maximum absolute atomic E-state index is 13.1. The van der Waals surface area contributed by atoms with Crippen molar-refractivity contribution in [3.05, 3.63) is 52.1 Å². The first kappa shape index (κ1) is 20.7. The van der Waals surface area contributed by atoms with E-state index in [4.69, 9.17) is 23.2 Å². The molecule has 1 fully saturated rings. The van der Waals surface area contributed by atoms with Crippen molar-refractivity contribution in [1.29, 1.82) is 0 Å². The summed E-state index contributed by atoms with van der Waals surface area (Å²) in [5, 5.41) is 2.85. The van der Waals surface area contributed by atoms with Crippen LogP contribution in [0.4, 0.5) is 24.7 Å². The average molecular weight is 433 g/mol. The molecule has 3 rings (SSSR count). The van der Waals surface area contributed by atoms with Crippen LogP contribution >= 0.6 is 23.2 Å². The number of carbonyl (C=O) groups excluding carboxylic acids is 1. The van der Waals surface area contributed by atoms with Gasteiger partial charge in [-0.15, -0.1) is 0 Å². The lowest BCUT2D eigenvalue weighted by Gasteiger charge is -2.35. The van der Waals surface area contributed by atoms with E-state index in [0.717, 1.165) is 18.0 Å². The molecule has 10 heteroatoms. The summed E-state index contributed by atoms with van der Waals surface area (Å²) in [6.45, 7) is 2.48. The zero-order valence-electron chi connectivity index (χ0n) is 14.6. The van der Waals surface area contributed by atoms with Crippen LogP contribution in [0.1, 0.15) is 5.56 Å². The highest BCUT2D eigenvalue weighted by atomic mass is 35.5. The van der Waals surface area contributed by atoms with Gasteiger partial charge in [-0.05, 0) is 30.3 Å². The zero-order chi connectivity index (χ0) is 20.3. The van der Waals surface area contributed by atoms with Gasteiger partial charge in [0.15, 0.2) is 0 Å². The Kier molecular flexibility index (Phi) is 6.32. The predicted molar refractivity (Wildman–Crippen MR) is 103 cm³/mol. The summed E-state index contributed by atoms with van der Waals surface area (Å²) in [6.07, 6.45) is -3.04. The number of aromatic nitrogens is 1. The van der Waals surface area contributed by atoms with E-state index in [-0.39, 0.29) is 17.3 Å². The third kappa shape index (κ3) is 5.27. The van der Waals surface area contributed by atoms with E-state index in [1.54, 1.807) is 12.3 Å². The van der Waals surface area contributed by atoms with Crippen molar-refractivity contribution in [2.75, 3.05) is 42.9 Å². The van der Waals surface area contributed by atoms with Crippen LogP contribution in [-0.2, 0) is 11.0 Å². The quantitative estimate of drug-likeness (QED) is 0.787. The number of halogens is 5. The van der Waals surface area contributed by atoms with Crippen LogP contribution in [0.15, 0.2) is 36.5 Å². The van der Waals surface area contributed by atoms with Crippen molar-refractivity contribution in [3.8, 4) is 0 Å². The second kappa shape index (κ2) is 8.55. The van der Waals surface area contributed by atoms with Gasteiger partial charge >= 0.3 is 6.18 Å². The van der Waals surface area contributed by atoms with Crippen LogP contribution in [-0.4, -0.2) is 48.5 Å². The molecule has 150 valence electrons. The normalized spacial score (nSPS) is 15.5. The Labute approximate surface area is 170 Å². The van der Waals surface area contributed by atoms with Gasteiger partial charge in [0.05, 0.1) is 22.8 Å². The molecule has 1 saturated heterocycles. The van der Waals surface area contributed by atoms with Gasteiger partial charge in [-0.25, -0.2) is 4.98 Å². The zero-order valence-corrected chi connectivity index (χ0v) is 16.2. The Morgan fingerprint density at radius 1 is 1.07 bits per heavy atom. The molecule has 1 aliphatic heterocycles. The molecule has 0 atom stereocenters. The number of amides is 1. The SMILES string of the molecule is O=C(CN1CCN(c2ccc(Cl)cn2)CC1)Nc1ccc(Cl)cc1C(F)(F)F. The molecule has 1 aromatic carbocycles. The van der Waals surface area contributed by atoms with Crippen LogP contribution in [0.25, 0.3) is 0 Å². The molecule has 0 saturated carbocycles. The number of carbonyl (C=O) groups is 1. The van der Waals surface area contributed by atoms with Crippen molar-refractivity contribution in [1.82, 2.24) is 9.88 Å². The molecule has 1 amide bonds. The number of nitrogens with one attached hydrogen (secondary N) is 1. The Morgan fingerprint density at radius 3 is 2.36 bits per heavy atom. The number of benzene rings is 1. The molecule has 1 aromatic heterocycles. The van der Waals surface area contributed by atoms with Crippen molar-refractivity contribution >= 4 is 40.6 Å². The van der Waals surface area contributed by atoms with E-state index in [1.165, 1.54) is 6.07 Å². The molecule has 0 spiro atoms. The molecule has 2 heterocycles. The van der Waals surface area contributed by atoms with E-state index in [0.29, 0.717) is 31.2 Å². The fourth-order valence-corrected chi connectivity index (χ4v) is 3.23. The van der Waals surface area contributed by atoms with Gasteiger partial charge in [0.25, 0.3) is 0 Å². The molecule has 1 N–H and O–H groups in total. The minimum atomic E-state index is -4.61. The molecular formula is C18H17Cl2F3N4O. The summed E-state index contributed by atoms with van der Waals surface area (Å²) < 4.78 is 39.4. The van der Waals surface area contributed by atoms with Gasteiger partial charge in [0, 0.05) is 37.4 Å². The lowest BCUT2D eigenvalue weighted by atomic mass is 10.1. The highest BCUT2D eigenvalue weighted by Gasteiger charge is 2.34. The fourth-order valence-electron chi connectivity index (χ4n) is 2.94. The Balaban J connectivity index is 1.56. The van der Waals surface area contributed by atoms with Crippen LogP contribution in [0.2, 0.25) is 10.0 Å². The summed E-state index contributed by atoms with van der Waals surface area (Å²) in [5.41, 5.74) is -1.27. The van der Waals surface area contributed by atoms with Crippen molar-refractivity contribution in [3.63, 3.8) is 0 Å². The predicted octanol–water partition coefficient (Wildman–Crippen LogP) is 4.17. The highest BCUT2D eigenvalue weighted by Crippen LogP contribution is 2.36. The van der Waals surface area contributed by atoms with Gasteiger partial charge in [-0.2, -0.15) is 13.2 Å². The van der Waals surface area contributed by atoms with E-state index >= 15 is 0 Å². The first-order valence-corrected chi connectivity index (χ1v) is 9.23. The van der Waals surface area contributed by atoms with E-state index in [1.807, 2.05) is 11.0 Å². The second-order valence-electron chi connectivity index (χ2n) is 6.33. The average Bonchev–Trinajstić information content (AvgIpc) is 2.64. The largest absolute Gasteiger partial charge is 0.418 e. The van der Waals surface area contributed by atoms with E-state index in [2.05, 4.69) is 15.2 Å². The molecular weight excluding hydrogens is 416 g/mol. The number of nitrogens with zero attached hydrogens (tertiary/aromatic N) is 3.